The molecule has 1 atom stereocenters. The number of hydrogen-bond donors (Lipinski definition) is 2. The van der Waals surface area contributed by atoms with Crippen molar-refractivity contribution in [2.45, 2.75) is 13.0 Å². The number of benzene rings is 2. The van der Waals surface area contributed by atoms with Gasteiger partial charge in [0.15, 0.2) is 6.04 Å². The van der Waals surface area contributed by atoms with E-state index in [0.29, 0.717) is 41.0 Å². The number of nitrogens with zero attached hydrogens (tertiary/aromatic N) is 3. The van der Waals surface area contributed by atoms with Crippen LogP contribution in [0.2, 0.25) is 5.02 Å². The highest BCUT2D eigenvalue weighted by atomic mass is 35.5. The summed E-state index contributed by atoms with van der Waals surface area (Å²) in [4.78, 5) is 39.0. The van der Waals surface area contributed by atoms with E-state index in [9.17, 15) is 9.59 Å². The lowest BCUT2D eigenvalue weighted by atomic mass is 10.1. The number of amides is 2. The van der Waals surface area contributed by atoms with E-state index in [1.54, 1.807) is 41.3 Å². The van der Waals surface area contributed by atoms with Crippen molar-refractivity contribution in [3.63, 3.8) is 0 Å². The van der Waals surface area contributed by atoms with Gasteiger partial charge in [-0.25, -0.2) is 9.97 Å². The number of carbonyl (C=O) groups excluding carboxylic acids is 2. The highest BCUT2D eigenvalue weighted by molar-refractivity contribution is 6.31. The Hall–Kier alpha value is -3.69. The minimum atomic E-state index is -0.737. The third-order valence-corrected chi connectivity index (χ3v) is 5.68. The van der Waals surface area contributed by atoms with Crippen molar-refractivity contribution < 1.29 is 18.7 Å². The number of aromatic nitrogens is 3. The van der Waals surface area contributed by atoms with Gasteiger partial charge in [-0.3, -0.25) is 9.59 Å². The quantitative estimate of drug-likeness (QED) is 0.467. The van der Waals surface area contributed by atoms with Crippen molar-refractivity contribution in [1.29, 1.82) is 0 Å². The molecule has 2 aromatic heterocycles. The fourth-order valence-corrected chi connectivity index (χ4v) is 4.02. The van der Waals surface area contributed by atoms with Crippen LogP contribution in [0.5, 0.6) is 0 Å². The van der Waals surface area contributed by atoms with Crippen LogP contribution in [0.25, 0.3) is 11.0 Å². The van der Waals surface area contributed by atoms with Gasteiger partial charge in [0.25, 0.3) is 11.8 Å². The van der Waals surface area contributed by atoms with E-state index in [-0.39, 0.29) is 18.4 Å². The lowest BCUT2D eigenvalue weighted by molar-refractivity contribution is -0.125. The average Bonchev–Trinajstić information content (AvgIpc) is 3.47. The molecule has 1 unspecified atom stereocenters. The first kappa shape index (κ1) is 21.2. The van der Waals surface area contributed by atoms with Crippen molar-refractivity contribution in [3.05, 3.63) is 76.7 Å². The number of oxazole rings is 1. The highest BCUT2D eigenvalue weighted by Gasteiger charge is 2.26. The number of anilines is 1. The Balaban J connectivity index is 1.43. The zero-order valence-electron chi connectivity index (χ0n) is 17.7. The summed E-state index contributed by atoms with van der Waals surface area (Å²) in [7, 11) is 0. The summed E-state index contributed by atoms with van der Waals surface area (Å²) in [6.45, 7) is 2.88. The summed E-state index contributed by atoms with van der Waals surface area (Å²) in [5.41, 5.74) is 3.45. The maximum atomic E-state index is 13.2. The first-order valence-electron chi connectivity index (χ1n) is 10.3. The normalized spacial score (nSPS) is 15.1. The number of hydrogen-bond acceptors (Lipinski definition) is 6. The molecule has 4 aromatic rings. The molecule has 1 aliphatic rings. The monoisotopic (exact) mass is 465 g/mol. The van der Waals surface area contributed by atoms with Crippen LogP contribution in [0.1, 0.15) is 33.7 Å². The van der Waals surface area contributed by atoms with E-state index in [4.69, 9.17) is 20.8 Å². The molecule has 1 saturated heterocycles. The van der Waals surface area contributed by atoms with Gasteiger partial charge in [0.1, 0.15) is 18.7 Å². The Kier molecular flexibility index (Phi) is 5.57. The second-order valence-electron chi connectivity index (χ2n) is 7.66. The van der Waals surface area contributed by atoms with Crippen LogP contribution in [0.3, 0.4) is 0 Å². The van der Waals surface area contributed by atoms with E-state index < -0.39 is 6.04 Å². The summed E-state index contributed by atoms with van der Waals surface area (Å²) in [5.74, 6) is 0.325. The molecule has 2 N–H and O–H groups in total. The molecule has 3 heterocycles. The summed E-state index contributed by atoms with van der Waals surface area (Å²) in [5, 5.41) is 3.51. The average molecular weight is 466 g/mol. The first-order chi connectivity index (χ1) is 16.0. The number of aryl methyl sites for hydroxylation is 1. The van der Waals surface area contributed by atoms with Gasteiger partial charge in [-0.15, -0.1) is 0 Å². The molecule has 0 radical (unpaired) electrons. The molecule has 10 heteroatoms. The fourth-order valence-electron chi connectivity index (χ4n) is 3.85. The summed E-state index contributed by atoms with van der Waals surface area (Å²) < 4.78 is 10.7. The Morgan fingerprint density at radius 3 is 2.91 bits per heavy atom. The standard InChI is InChI=1S/C23H20ClN5O4/c1-13-10-14(2-5-18(13)29-7-9-32-12-19(29)30)22(31)28-20(23-25-6-8-33-23)21-26-16-4-3-15(24)11-17(16)27-21/h2-6,8,10-11,20H,7,9,12H2,1H3,(H,26,27)(H,28,31). The zero-order valence-corrected chi connectivity index (χ0v) is 18.4. The van der Waals surface area contributed by atoms with Gasteiger partial charge in [0.2, 0.25) is 5.89 Å². The first-order valence-corrected chi connectivity index (χ1v) is 10.7. The van der Waals surface area contributed by atoms with Crippen LogP contribution in [-0.4, -0.2) is 46.5 Å². The lowest BCUT2D eigenvalue weighted by Crippen LogP contribution is -2.42. The molecule has 5 rings (SSSR count). The number of aromatic amines is 1. The van der Waals surface area contributed by atoms with Crippen molar-refractivity contribution in [2.75, 3.05) is 24.7 Å². The number of nitrogens with one attached hydrogen (secondary N) is 2. The van der Waals surface area contributed by atoms with Crippen LogP contribution >= 0.6 is 11.6 Å². The largest absolute Gasteiger partial charge is 0.446 e. The topological polar surface area (TPSA) is 113 Å². The van der Waals surface area contributed by atoms with Gasteiger partial charge < -0.3 is 24.4 Å². The summed E-state index contributed by atoms with van der Waals surface area (Å²) in [6.07, 6.45) is 2.94. The number of rotatable bonds is 5. The zero-order chi connectivity index (χ0) is 22.9. The van der Waals surface area contributed by atoms with Crippen molar-refractivity contribution in [3.8, 4) is 0 Å². The Morgan fingerprint density at radius 1 is 1.27 bits per heavy atom. The molecule has 0 saturated carbocycles. The Bertz CT molecular complexity index is 1330. The van der Waals surface area contributed by atoms with Crippen LogP contribution in [0.15, 0.2) is 53.3 Å². The van der Waals surface area contributed by atoms with Crippen LogP contribution in [-0.2, 0) is 9.53 Å². The number of fused-ring (bicyclic) bond motifs is 1. The molecule has 33 heavy (non-hydrogen) atoms. The van der Waals surface area contributed by atoms with E-state index in [0.717, 1.165) is 16.8 Å². The molecule has 0 spiro atoms. The second kappa shape index (κ2) is 8.68. The van der Waals surface area contributed by atoms with Crippen molar-refractivity contribution in [2.24, 2.45) is 0 Å². The van der Waals surface area contributed by atoms with Gasteiger partial charge in [0, 0.05) is 22.8 Å². The molecule has 2 amide bonds. The molecule has 0 aliphatic carbocycles. The number of halogens is 1. The van der Waals surface area contributed by atoms with Crippen LogP contribution < -0.4 is 10.2 Å². The van der Waals surface area contributed by atoms with Crippen LogP contribution in [0, 0.1) is 6.92 Å². The summed E-state index contributed by atoms with van der Waals surface area (Å²) in [6, 6.07) is 9.77. The van der Waals surface area contributed by atoms with Gasteiger partial charge in [-0.1, -0.05) is 11.6 Å². The molecular formula is C23H20ClN5O4. The van der Waals surface area contributed by atoms with E-state index in [1.165, 1.54) is 12.5 Å². The number of ether oxygens (including phenoxy) is 1. The predicted octanol–water partition coefficient (Wildman–Crippen LogP) is 3.40. The van der Waals surface area contributed by atoms with Crippen LogP contribution in [0.4, 0.5) is 5.69 Å². The number of H-pyrrole nitrogens is 1. The molecule has 1 fully saturated rings. The van der Waals surface area contributed by atoms with Gasteiger partial charge >= 0.3 is 0 Å². The maximum absolute atomic E-state index is 13.2. The number of imidazole rings is 1. The molecule has 2 aromatic carbocycles. The maximum Gasteiger partial charge on any atom is 0.253 e. The van der Waals surface area contributed by atoms with Crippen molar-refractivity contribution >= 4 is 40.1 Å². The second-order valence-corrected chi connectivity index (χ2v) is 8.10. The Morgan fingerprint density at radius 2 is 2.15 bits per heavy atom. The van der Waals surface area contributed by atoms with Gasteiger partial charge in [0.05, 0.1) is 23.8 Å². The number of carbonyl (C=O) groups is 2. The van der Waals surface area contributed by atoms with E-state index in [1.807, 2.05) is 6.92 Å². The molecule has 9 nitrogen and oxygen atoms in total. The van der Waals surface area contributed by atoms with E-state index in [2.05, 4.69) is 20.3 Å². The lowest BCUT2D eigenvalue weighted by Gasteiger charge is -2.28. The van der Waals surface area contributed by atoms with Crippen molar-refractivity contribution in [1.82, 2.24) is 20.3 Å². The van der Waals surface area contributed by atoms with Gasteiger partial charge in [-0.05, 0) is 48.9 Å². The molecule has 168 valence electrons. The smallest absolute Gasteiger partial charge is 0.253 e. The molecule has 0 bridgehead atoms. The van der Waals surface area contributed by atoms with E-state index >= 15 is 0 Å². The third-order valence-electron chi connectivity index (χ3n) is 5.45. The predicted molar refractivity (Wildman–Crippen MR) is 121 cm³/mol. The number of morpholine rings is 1. The Labute approximate surface area is 193 Å². The summed E-state index contributed by atoms with van der Waals surface area (Å²) >= 11 is 6.08. The van der Waals surface area contributed by atoms with Gasteiger partial charge in [-0.2, -0.15) is 0 Å². The molecule has 1 aliphatic heterocycles. The molecular weight excluding hydrogens is 446 g/mol. The minimum absolute atomic E-state index is 0.0578. The highest BCUT2D eigenvalue weighted by Crippen LogP contribution is 2.26. The third kappa shape index (κ3) is 4.20. The fraction of sp³-hybridized carbons (Fsp3) is 0.217. The SMILES string of the molecule is Cc1cc(C(=O)NC(c2nc3ccc(Cl)cc3[nH]2)c2ncco2)ccc1N1CCOCC1=O. The minimum Gasteiger partial charge on any atom is -0.446 e.